The Balaban J connectivity index is 1.63. The molecule has 0 bridgehead atoms. The van der Waals surface area contributed by atoms with Gasteiger partial charge in [0.05, 0.1) is 6.54 Å². The molecule has 2 saturated heterocycles. The van der Waals surface area contributed by atoms with Gasteiger partial charge in [-0.05, 0) is 44.2 Å². The van der Waals surface area contributed by atoms with Gasteiger partial charge in [-0.3, -0.25) is 9.69 Å². The van der Waals surface area contributed by atoms with Gasteiger partial charge < -0.3 is 10.2 Å². The fourth-order valence-corrected chi connectivity index (χ4v) is 4.06. The number of hydrogen-bond acceptors (Lipinski definition) is 3. The first-order valence-corrected chi connectivity index (χ1v) is 9.02. The van der Waals surface area contributed by atoms with E-state index in [0.29, 0.717) is 44.3 Å². The first-order valence-electron chi connectivity index (χ1n) is 9.02. The minimum Gasteiger partial charge on any atom is -0.355 e. The van der Waals surface area contributed by atoms with Gasteiger partial charge >= 0.3 is 6.18 Å². The van der Waals surface area contributed by atoms with E-state index in [4.69, 9.17) is 0 Å². The third-order valence-electron chi connectivity index (χ3n) is 5.03. The van der Waals surface area contributed by atoms with Crippen molar-refractivity contribution >= 4 is 5.91 Å². The molecule has 0 radical (unpaired) electrons. The molecule has 0 aromatic heterocycles. The number of piperidine rings is 2. The smallest absolute Gasteiger partial charge is 0.355 e. The van der Waals surface area contributed by atoms with E-state index < -0.39 is 12.7 Å². The van der Waals surface area contributed by atoms with E-state index in [0.717, 1.165) is 19.6 Å². The zero-order valence-electron chi connectivity index (χ0n) is 14.7. The summed E-state index contributed by atoms with van der Waals surface area (Å²) in [6, 6.07) is 0. The fourth-order valence-electron chi connectivity index (χ4n) is 4.06. The Kier molecular flexibility index (Phi) is 6.92. The van der Waals surface area contributed by atoms with Crippen LogP contribution in [0.5, 0.6) is 0 Å². The third kappa shape index (κ3) is 6.59. The third-order valence-corrected chi connectivity index (χ3v) is 5.03. The van der Waals surface area contributed by atoms with Gasteiger partial charge in [0, 0.05) is 32.1 Å². The second-order valence-electron chi connectivity index (χ2n) is 7.66. The van der Waals surface area contributed by atoms with Gasteiger partial charge in [-0.2, -0.15) is 13.2 Å². The predicted octanol–water partition coefficient (Wildman–Crippen LogP) is 2.35. The summed E-state index contributed by atoms with van der Waals surface area (Å²) in [4.78, 5) is 16.0. The van der Waals surface area contributed by atoms with Crippen molar-refractivity contribution in [2.45, 2.75) is 39.3 Å². The van der Waals surface area contributed by atoms with Crippen LogP contribution in [0.1, 0.15) is 33.1 Å². The molecule has 0 aromatic rings. The molecule has 2 aliphatic heterocycles. The Morgan fingerprint density at radius 1 is 1.08 bits per heavy atom. The SMILES string of the molecule is CC1CC(C)CN(CCNC(=O)C2CCN(CC(F)(F)F)CC2)C1. The lowest BCUT2D eigenvalue weighted by Gasteiger charge is -2.35. The summed E-state index contributed by atoms with van der Waals surface area (Å²) < 4.78 is 37.1. The highest BCUT2D eigenvalue weighted by molar-refractivity contribution is 5.78. The van der Waals surface area contributed by atoms with Crippen LogP contribution in [0.4, 0.5) is 13.2 Å². The predicted molar refractivity (Wildman–Crippen MR) is 87.6 cm³/mol. The topological polar surface area (TPSA) is 35.6 Å². The van der Waals surface area contributed by atoms with Crippen LogP contribution in [-0.2, 0) is 4.79 Å². The van der Waals surface area contributed by atoms with Crippen LogP contribution in [0.25, 0.3) is 0 Å². The lowest BCUT2D eigenvalue weighted by atomic mass is 9.92. The van der Waals surface area contributed by atoms with Crippen LogP contribution in [0.3, 0.4) is 0 Å². The maximum atomic E-state index is 12.4. The maximum Gasteiger partial charge on any atom is 0.401 e. The molecule has 1 N–H and O–H groups in total. The van der Waals surface area contributed by atoms with Crippen LogP contribution < -0.4 is 5.32 Å². The molecule has 2 fully saturated rings. The highest BCUT2D eigenvalue weighted by Crippen LogP contribution is 2.23. The molecule has 4 nitrogen and oxygen atoms in total. The van der Waals surface area contributed by atoms with Gasteiger partial charge in [0.2, 0.25) is 5.91 Å². The molecule has 2 heterocycles. The van der Waals surface area contributed by atoms with E-state index in [2.05, 4.69) is 24.1 Å². The Labute approximate surface area is 142 Å². The molecule has 7 heteroatoms. The van der Waals surface area contributed by atoms with Crippen molar-refractivity contribution in [1.29, 1.82) is 0 Å². The minimum absolute atomic E-state index is 0.000218. The second-order valence-corrected chi connectivity index (χ2v) is 7.66. The number of amides is 1. The van der Waals surface area contributed by atoms with E-state index >= 15 is 0 Å². The molecule has 0 saturated carbocycles. The monoisotopic (exact) mass is 349 g/mol. The van der Waals surface area contributed by atoms with Gasteiger partial charge in [0.15, 0.2) is 0 Å². The van der Waals surface area contributed by atoms with E-state index in [1.807, 2.05) is 0 Å². The number of nitrogens with zero attached hydrogens (tertiary/aromatic N) is 2. The maximum absolute atomic E-state index is 12.4. The molecule has 2 unspecified atom stereocenters. The summed E-state index contributed by atoms with van der Waals surface area (Å²) in [5, 5.41) is 2.97. The van der Waals surface area contributed by atoms with E-state index in [1.165, 1.54) is 11.3 Å². The van der Waals surface area contributed by atoms with Gasteiger partial charge in [-0.1, -0.05) is 13.8 Å². The largest absolute Gasteiger partial charge is 0.401 e. The van der Waals surface area contributed by atoms with Crippen molar-refractivity contribution in [1.82, 2.24) is 15.1 Å². The fraction of sp³-hybridized carbons (Fsp3) is 0.941. The molecule has 140 valence electrons. The summed E-state index contributed by atoms with van der Waals surface area (Å²) in [6.07, 6.45) is -1.86. The number of likely N-dealkylation sites (tertiary alicyclic amines) is 2. The molecule has 0 aliphatic carbocycles. The lowest BCUT2D eigenvalue weighted by molar-refractivity contribution is -0.149. The summed E-state index contributed by atoms with van der Waals surface area (Å²) in [6.45, 7) is 7.98. The van der Waals surface area contributed by atoms with Crippen LogP contribution in [0.15, 0.2) is 0 Å². The molecule has 0 spiro atoms. The van der Waals surface area contributed by atoms with Crippen molar-refractivity contribution in [3.05, 3.63) is 0 Å². The average molecular weight is 349 g/mol. The molecule has 2 aliphatic rings. The van der Waals surface area contributed by atoms with Crippen LogP contribution >= 0.6 is 0 Å². The van der Waals surface area contributed by atoms with Crippen LogP contribution in [0, 0.1) is 17.8 Å². The zero-order valence-corrected chi connectivity index (χ0v) is 14.7. The number of rotatable bonds is 5. The second kappa shape index (κ2) is 8.52. The Bertz CT molecular complexity index is 398. The van der Waals surface area contributed by atoms with E-state index in [-0.39, 0.29) is 11.8 Å². The zero-order chi connectivity index (χ0) is 17.7. The van der Waals surface area contributed by atoms with Crippen LogP contribution in [-0.4, -0.2) is 67.7 Å². The number of nitrogens with one attached hydrogen (secondary N) is 1. The van der Waals surface area contributed by atoms with Gasteiger partial charge in [-0.15, -0.1) is 0 Å². The number of hydrogen-bond donors (Lipinski definition) is 1. The molecule has 2 rings (SSSR count). The van der Waals surface area contributed by atoms with Crippen molar-refractivity contribution < 1.29 is 18.0 Å². The normalized spacial score (nSPS) is 28.0. The van der Waals surface area contributed by atoms with Crippen LogP contribution in [0.2, 0.25) is 0 Å². The first kappa shape index (κ1) is 19.5. The molecular formula is C17H30F3N3O. The van der Waals surface area contributed by atoms with Gasteiger partial charge in [0.1, 0.15) is 0 Å². The van der Waals surface area contributed by atoms with Gasteiger partial charge in [0.25, 0.3) is 0 Å². The van der Waals surface area contributed by atoms with Crippen molar-refractivity contribution in [3.8, 4) is 0 Å². The summed E-state index contributed by atoms with van der Waals surface area (Å²) in [7, 11) is 0. The molecule has 2 atom stereocenters. The number of halogens is 3. The Morgan fingerprint density at radius 2 is 1.67 bits per heavy atom. The first-order chi connectivity index (χ1) is 11.2. The average Bonchev–Trinajstić information content (AvgIpc) is 2.45. The number of alkyl halides is 3. The molecule has 1 amide bonds. The van der Waals surface area contributed by atoms with Crippen molar-refractivity contribution in [3.63, 3.8) is 0 Å². The standard InChI is InChI=1S/C17H30F3N3O/c1-13-9-14(2)11-23(10-13)8-5-21-16(24)15-3-6-22(7-4-15)12-17(18,19)20/h13-15H,3-12H2,1-2H3,(H,21,24). The Morgan fingerprint density at radius 3 is 2.21 bits per heavy atom. The van der Waals surface area contributed by atoms with Gasteiger partial charge in [-0.25, -0.2) is 0 Å². The van der Waals surface area contributed by atoms with Crippen molar-refractivity contribution in [2.24, 2.45) is 17.8 Å². The lowest BCUT2D eigenvalue weighted by Crippen LogP contribution is -2.46. The molecular weight excluding hydrogens is 319 g/mol. The summed E-state index contributed by atoms with van der Waals surface area (Å²) >= 11 is 0. The Hall–Kier alpha value is -0.820. The summed E-state index contributed by atoms with van der Waals surface area (Å²) in [5.74, 6) is 1.25. The minimum atomic E-state index is -4.15. The molecule has 24 heavy (non-hydrogen) atoms. The summed E-state index contributed by atoms with van der Waals surface area (Å²) in [5.41, 5.74) is 0. The van der Waals surface area contributed by atoms with E-state index in [1.54, 1.807) is 0 Å². The highest BCUT2D eigenvalue weighted by atomic mass is 19.4. The highest BCUT2D eigenvalue weighted by Gasteiger charge is 2.33. The van der Waals surface area contributed by atoms with E-state index in [9.17, 15) is 18.0 Å². The quantitative estimate of drug-likeness (QED) is 0.828. The molecule has 0 aromatic carbocycles. The number of carbonyl (C=O) groups is 1. The number of carbonyl (C=O) groups excluding carboxylic acids is 1. The van der Waals surface area contributed by atoms with Crippen molar-refractivity contribution in [2.75, 3.05) is 45.8 Å².